The van der Waals surface area contributed by atoms with Crippen molar-refractivity contribution in [3.05, 3.63) is 32.7 Å². The Morgan fingerprint density at radius 2 is 1.75 bits per heavy atom. The second kappa shape index (κ2) is 15.4. The Hall–Kier alpha value is -5.72. The molecule has 8 N–H and O–H groups in total. The molecule has 3 atom stereocenters. The predicted molar refractivity (Wildman–Crippen MR) is 192 cm³/mol. The number of amides is 5. The van der Waals surface area contributed by atoms with E-state index in [1.165, 1.54) is 0 Å². The maximum absolute atomic E-state index is 13.6. The van der Waals surface area contributed by atoms with Crippen molar-refractivity contribution in [2.45, 2.75) is 36.1 Å². The molecule has 3 saturated heterocycles. The van der Waals surface area contributed by atoms with E-state index < -0.39 is 122 Å². The largest absolute Gasteiger partial charge is 0.504 e. The number of nitrogens with two attached hydrogens (primary N) is 1. The van der Waals surface area contributed by atoms with Crippen molar-refractivity contribution in [2.75, 3.05) is 31.9 Å². The number of halogens is 2. The van der Waals surface area contributed by atoms with Gasteiger partial charge in [-0.15, -0.1) is 0 Å². The lowest BCUT2D eigenvalue weighted by atomic mass is 9.90. The number of carbonyl (C=O) groups excluding carboxylic acids is 7. The van der Waals surface area contributed by atoms with Gasteiger partial charge in [-0.3, -0.25) is 39.1 Å². The molecule has 3 aliphatic rings. The molecule has 1 aromatic heterocycles. The molecule has 0 radical (unpaired) electrons. The van der Waals surface area contributed by atoms with Crippen LogP contribution in [0.4, 0.5) is 9.93 Å². The van der Waals surface area contributed by atoms with E-state index in [-0.39, 0.29) is 28.3 Å². The zero-order chi connectivity index (χ0) is 41.6. The molecule has 22 nitrogen and oxygen atoms in total. The van der Waals surface area contributed by atoms with Crippen LogP contribution in [-0.2, 0) is 38.4 Å². The molecular weight excluding hydrogens is 831 g/mol. The van der Waals surface area contributed by atoms with Crippen molar-refractivity contribution in [2.24, 2.45) is 11.1 Å². The van der Waals surface area contributed by atoms with Gasteiger partial charge in [0.1, 0.15) is 10.0 Å². The number of aliphatic carboxylic acids is 2. The van der Waals surface area contributed by atoms with Crippen molar-refractivity contribution in [3.63, 3.8) is 0 Å². The molecule has 4 heterocycles. The number of nitrogens with one attached hydrogen (secondary N) is 2. The van der Waals surface area contributed by atoms with Crippen LogP contribution in [0, 0.1) is 5.92 Å². The number of carbonyl (C=O) groups is 9. The standard InChI is InChI=1S/C30H28Cl2N8O14S2/c1-29(2,25(49)50)54-37-16(17-20(32)55-27(33)35-17)13(42)7-11-23(48)38-9-30(26(51)52,56-24(11)38)39-5-6-40(28(39)53)36-21(46)14(43)8-34-22(47)18(44)10-3-4-12(41)19(45)15(10)31/h3-4,11,24,41,45H,5-9H2,1-2H3,(H2,33,35)(H,34,47)(H,36,46)(H,49,50)(H,51,52)/b37-16+/t11-,24-,30-/m1/s1. The van der Waals surface area contributed by atoms with Crippen molar-refractivity contribution < 1.29 is 68.4 Å². The fraction of sp³-hybridized carbons (Fsp3) is 0.367. The second-order valence-corrected chi connectivity index (χ2v) is 16.0. The Kier molecular flexibility index (Phi) is 11.4. The first-order chi connectivity index (χ1) is 26.1. The van der Waals surface area contributed by atoms with Crippen LogP contribution in [0.2, 0.25) is 9.36 Å². The number of nitrogens with zero attached hydrogens (tertiary/aromatic N) is 5. The Morgan fingerprint density at radius 3 is 2.36 bits per heavy atom. The number of thiazole rings is 1. The minimum absolute atomic E-state index is 0.0603. The normalized spacial score (nSPS) is 20.6. The highest BCUT2D eigenvalue weighted by Gasteiger charge is 2.66. The Morgan fingerprint density at radius 1 is 1.07 bits per heavy atom. The van der Waals surface area contributed by atoms with Gasteiger partial charge in [-0.1, -0.05) is 51.5 Å². The number of rotatable bonds is 15. The molecule has 298 valence electrons. The molecule has 5 amide bonds. The number of hydrogen-bond acceptors (Lipinski definition) is 17. The maximum Gasteiger partial charge on any atom is 0.350 e. The molecule has 5 rings (SSSR count). The molecule has 0 bridgehead atoms. The van der Waals surface area contributed by atoms with Crippen LogP contribution >= 0.6 is 46.3 Å². The smallest absolute Gasteiger partial charge is 0.350 e. The number of β-lactam (4-membered cyclic amide) rings is 1. The Balaban J connectivity index is 1.23. The number of carboxylic acids is 2. The highest BCUT2D eigenvalue weighted by molar-refractivity contribution is 8.02. The van der Waals surface area contributed by atoms with E-state index in [4.69, 9.17) is 33.8 Å². The number of nitrogen functional groups attached to an aromatic ring is 1. The first kappa shape index (κ1) is 41.4. The molecule has 0 unspecified atom stereocenters. The number of Topliss-reactive ketones (excluding diaryl/α,β-unsaturated/α-hetero) is 3. The SMILES string of the molecule is CC(C)(O/N=C(\C(=O)C[C@@H]1C(=O)N2C[C@@](C(=O)O)(N3CCN(NC(=O)C(=O)CNC(=O)C(=O)c4ccc(O)c(O)c4Cl)C3=O)S[C@H]12)c1nc(N)sc1Cl)C(=O)O. The number of oxime groups is 1. The van der Waals surface area contributed by atoms with E-state index >= 15 is 0 Å². The average Bonchev–Trinajstić information content (AvgIpc) is 3.80. The van der Waals surface area contributed by atoms with Gasteiger partial charge >= 0.3 is 23.9 Å². The van der Waals surface area contributed by atoms with E-state index in [2.05, 4.69) is 10.1 Å². The van der Waals surface area contributed by atoms with E-state index in [1.807, 2.05) is 10.7 Å². The third-order valence-corrected chi connectivity index (χ3v) is 11.8. The maximum atomic E-state index is 13.6. The molecule has 3 fully saturated rings. The molecule has 0 saturated carbocycles. The number of hydrazine groups is 1. The van der Waals surface area contributed by atoms with Gasteiger partial charge in [-0.25, -0.2) is 24.4 Å². The van der Waals surface area contributed by atoms with Crippen LogP contribution in [0.25, 0.3) is 0 Å². The molecular formula is C30H28Cl2N8O14S2. The molecule has 26 heteroatoms. The topological polar surface area (TPSA) is 329 Å². The number of carboxylic acid groups (broad SMARTS) is 2. The summed E-state index contributed by atoms with van der Waals surface area (Å²) >= 11 is 13.4. The van der Waals surface area contributed by atoms with Crippen LogP contribution < -0.4 is 16.5 Å². The monoisotopic (exact) mass is 858 g/mol. The summed E-state index contributed by atoms with van der Waals surface area (Å²) in [7, 11) is 0. The third-order valence-electron chi connectivity index (χ3n) is 8.55. The summed E-state index contributed by atoms with van der Waals surface area (Å²) in [5.74, 6) is -12.6. The summed E-state index contributed by atoms with van der Waals surface area (Å²) in [5, 5.41) is 43.5. The molecule has 1 aromatic carbocycles. The number of thioether (sulfide) groups is 1. The van der Waals surface area contributed by atoms with Gasteiger partial charge in [0, 0.05) is 13.0 Å². The van der Waals surface area contributed by atoms with E-state index in [0.717, 1.165) is 47.1 Å². The molecule has 0 aliphatic carbocycles. The highest BCUT2D eigenvalue weighted by Crippen LogP contribution is 2.53. The number of ketones is 3. The van der Waals surface area contributed by atoms with Crippen molar-refractivity contribution in [1.29, 1.82) is 0 Å². The number of aromatic nitrogens is 1. The number of anilines is 1. The summed E-state index contributed by atoms with van der Waals surface area (Å²) in [4.78, 5) is 123. The fourth-order valence-corrected chi connectivity index (χ4v) is 8.33. The second-order valence-electron chi connectivity index (χ2n) is 12.6. The Bertz CT molecular complexity index is 2150. The van der Waals surface area contributed by atoms with E-state index in [9.17, 15) is 63.6 Å². The van der Waals surface area contributed by atoms with Crippen LogP contribution in [0.15, 0.2) is 17.3 Å². The predicted octanol–water partition coefficient (Wildman–Crippen LogP) is -0.364. The van der Waals surface area contributed by atoms with Gasteiger partial charge in [0.05, 0.1) is 41.5 Å². The fourth-order valence-electron chi connectivity index (χ4n) is 5.47. The first-order valence-corrected chi connectivity index (χ1v) is 18.2. The lowest BCUT2D eigenvalue weighted by Gasteiger charge is -2.40. The number of fused-ring (bicyclic) bond motifs is 1. The minimum atomic E-state index is -2.12. The summed E-state index contributed by atoms with van der Waals surface area (Å²) in [5.41, 5.74) is 4.53. The van der Waals surface area contributed by atoms with Gasteiger partial charge < -0.3 is 41.2 Å². The molecule has 3 aliphatic heterocycles. The molecule has 0 spiro atoms. The van der Waals surface area contributed by atoms with Crippen LogP contribution in [0.3, 0.4) is 0 Å². The van der Waals surface area contributed by atoms with Gasteiger partial charge in [0.25, 0.3) is 11.7 Å². The lowest BCUT2D eigenvalue weighted by molar-refractivity contribution is -0.161. The van der Waals surface area contributed by atoms with E-state index in [1.54, 1.807) is 0 Å². The van der Waals surface area contributed by atoms with Crippen LogP contribution in [0.1, 0.15) is 36.3 Å². The van der Waals surface area contributed by atoms with Gasteiger partial charge in [0.2, 0.25) is 22.2 Å². The number of phenolic OH excluding ortho intramolecular Hbond substituents is 2. The quantitative estimate of drug-likeness (QED) is 0.0300. The minimum Gasteiger partial charge on any atom is -0.504 e. The van der Waals surface area contributed by atoms with Gasteiger partial charge in [-0.05, 0) is 26.0 Å². The van der Waals surface area contributed by atoms with E-state index in [0.29, 0.717) is 16.8 Å². The number of phenols is 2. The number of hydrogen-bond donors (Lipinski definition) is 7. The number of benzene rings is 1. The summed E-state index contributed by atoms with van der Waals surface area (Å²) in [6.07, 6.45) is -0.586. The Labute approximate surface area is 331 Å². The summed E-state index contributed by atoms with van der Waals surface area (Å²) < 4.78 is -0.0864. The molecule has 56 heavy (non-hydrogen) atoms. The zero-order valence-corrected chi connectivity index (χ0v) is 31.7. The van der Waals surface area contributed by atoms with Crippen molar-refractivity contribution in [3.8, 4) is 11.5 Å². The first-order valence-electron chi connectivity index (χ1n) is 15.7. The third kappa shape index (κ3) is 7.59. The van der Waals surface area contributed by atoms with Gasteiger partial charge in [-0.2, -0.15) is 0 Å². The summed E-state index contributed by atoms with van der Waals surface area (Å²) in [6, 6.07) is 0.755. The van der Waals surface area contributed by atoms with Crippen molar-refractivity contribution in [1.82, 2.24) is 30.5 Å². The number of aromatic hydroxyl groups is 2. The molecule has 2 aromatic rings. The number of urea groups is 1. The van der Waals surface area contributed by atoms with Crippen LogP contribution in [-0.4, -0.2) is 141 Å². The zero-order valence-electron chi connectivity index (χ0n) is 28.6. The average molecular weight is 860 g/mol. The summed E-state index contributed by atoms with van der Waals surface area (Å²) in [6.45, 7) is 0.121. The van der Waals surface area contributed by atoms with Crippen LogP contribution in [0.5, 0.6) is 11.5 Å². The van der Waals surface area contributed by atoms with Gasteiger partial charge in [0.15, 0.2) is 28.1 Å². The lowest BCUT2D eigenvalue weighted by Crippen LogP contribution is -2.60. The highest BCUT2D eigenvalue weighted by atomic mass is 35.5. The van der Waals surface area contributed by atoms with Crippen molar-refractivity contribution >= 4 is 110 Å².